The zero-order valence-electron chi connectivity index (χ0n) is 22.1. The van der Waals surface area contributed by atoms with E-state index < -0.39 is 0 Å². The van der Waals surface area contributed by atoms with Crippen molar-refractivity contribution in [2.24, 2.45) is 5.73 Å². The van der Waals surface area contributed by atoms with Crippen LogP contribution < -0.4 is 11.1 Å². The molecule has 5 heteroatoms. The number of aromatic nitrogens is 3. The summed E-state index contributed by atoms with van der Waals surface area (Å²) in [5.74, 6) is 0.778. The SMILES string of the molecule is C=C(Nc1cc2[nH]c(-c3ccnc(C)c3)cc2cn1)c1cccc(C)c1CC.CC.CC.CN. The topological polar surface area (TPSA) is 79.6 Å². The lowest BCUT2D eigenvalue weighted by atomic mass is 9.98. The molecule has 4 rings (SSSR count). The number of nitrogens with zero attached hydrogens (tertiary/aromatic N) is 2. The summed E-state index contributed by atoms with van der Waals surface area (Å²) in [5, 5.41) is 4.45. The normalized spacial score (nSPS) is 9.56. The van der Waals surface area contributed by atoms with E-state index in [-0.39, 0.29) is 0 Å². The molecule has 0 saturated heterocycles. The Kier molecular flexibility index (Phi) is 12.3. The summed E-state index contributed by atoms with van der Waals surface area (Å²) in [7, 11) is 1.50. The molecule has 0 aliphatic carbocycles. The molecule has 1 aromatic carbocycles. The van der Waals surface area contributed by atoms with E-state index in [2.05, 4.69) is 76.8 Å². The van der Waals surface area contributed by atoms with Gasteiger partial charge in [-0.25, -0.2) is 4.98 Å². The molecule has 0 aliphatic rings. The molecule has 0 fully saturated rings. The summed E-state index contributed by atoms with van der Waals surface area (Å²) in [6.45, 7) is 18.6. The number of hydrogen-bond donors (Lipinski definition) is 3. The summed E-state index contributed by atoms with van der Waals surface area (Å²) >= 11 is 0. The maximum Gasteiger partial charge on any atom is 0.132 e. The predicted molar refractivity (Wildman–Crippen MR) is 150 cm³/mol. The van der Waals surface area contributed by atoms with Crippen LogP contribution in [0.25, 0.3) is 27.9 Å². The number of rotatable bonds is 5. The summed E-state index contributed by atoms with van der Waals surface area (Å²) in [6.07, 6.45) is 4.69. The van der Waals surface area contributed by atoms with Crippen LogP contribution in [0.15, 0.2) is 61.4 Å². The zero-order valence-corrected chi connectivity index (χ0v) is 22.1. The first kappa shape index (κ1) is 28.6. The Hall–Kier alpha value is -3.44. The Morgan fingerprint density at radius 3 is 2.35 bits per heavy atom. The second kappa shape index (κ2) is 14.7. The maximum absolute atomic E-state index is 4.57. The largest absolute Gasteiger partial charge is 0.354 e. The van der Waals surface area contributed by atoms with Crippen molar-refractivity contribution in [3.63, 3.8) is 0 Å². The van der Waals surface area contributed by atoms with Crippen molar-refractivity contribution in [3.05, 3.63) is 83.8 Å². The van der Waals surface area contributed by atoms with E-state index in [4.69, 9.17) is 0 Å². The summed E-state index contributed by atoms with van der Waals surface area (Å²) in [4.78, 5) is 12.3. The van der Waals surface area contributed by atoms with Gasteiger partial charge in [-0.2, -0.15) is 0 Å². The first-order valence-electron chi connectivity index (χ1n) is 12.1. The highest BCUT2D eigenvalue weighted by Crippen LogP contribution is 2.27. The van der Waals surface area contributed by atoms with E-state index in [0.29, 0.717) is 0 Å². The summed E-state index contributed by atoms with van der Waals surface area (Å²) in [5.41, 5.74) is 13.3. The molecule has 34 heavy (non-hydrogen) atoms. The van der Waals surface area contributed by atoms with Crippen molar-refractivity contribution < 1.29 is 0 Å². The van der Waals surface area contributed by atoms with Gasteiger partial charge in [0, 0.05) is 52.1 Å². The molecule has 0 bridgehead atoms. The number of H-pyrrole nitrogens is 1. The number of aryl methyl sites for hydroxylation is 2. The van der Waals surface area contributed by atoms with E-state index in [0.717, 1.165) is 51.4 Å². The number of fused-ring (bicyclic) bond motifs is 1. The molecule has 182 valence electrons. The average Bonchev–Trinajstić information content (AvgIpc) is 3.31. The van der Waals surface area contributed by atoms with Crippen LogP contribution in [0.4, 0.5) is 5.82 Å². The van der Waals surface area contributed by atoms with Gasteiger partial charge in [-0.3, -0.25) is 4.98 Å². The van der Waals surface area contributed by atoms with Gasteiger partial charge in [-0.05, 0) is 56.6 Å². The number of nitrogens with one attached hydrogen (secondary N) is 2. The summed E-state index contributed by atoms with van der Waals surface area (Å²) < 4.78 is 0. The van der Waals surface area contributed by atoms with Crippen LogP contribution in [-0.2, 0) is 6.42 Å². The molecule has 4 N–H and O–H groups in total. The highest BCUT2D eigenvalue weighted by Gasteiger charge is 2.10. The molecule has 0 amide bonds. The van der Waals surface area contributed by atoms with Crippen LogP contribution in [0, 0.1) is 13.8 Å². The predicted octanol–water partition coefficient (Wildman–Crippen LogP) is 7.51. The minimum absolute atomic E-state index is 0.778. The minimum atomic E-state index is 0.778. The number of hydrogen-bond acceptors (Lipinski definition) is 4. The van der Waals surface area contributed by atoms with E-state index in [9.17, 15) is 0 Å². The van der Waals surface area contributed by atoms with Gasteiger partial charge in [0.25, 0.3) is 0 Å². The van der Waals surface area contributed by atoms with Gasteiger partial charge in [0.1, 0.15) is 5.82 Å². The Labute approximate surface area is 205 Å². The molecule has 5 nitrogen and oxygen atoms in total. The van der Waals surface area contributed by atoms with E-state index in [1.54, 1.807) is 0 Å². The van der Waals surface area contributed by atoms with E-state index in [1.165, 1.54) is 18.2 Å². The second-order valence-corrected chi connectivity index (χ2v) is 7.08. The monoisotopic (exact) mass is 459 g/mol. The molecule has 0 aliphatic heterocycles. The van der Waals surface area contributed by atoms with Gasteiger partial charge in [0.15, 0.2) is 0 Å². The second-order valence-electron chi connectivity index (χ2n) is 7.08. The van der Waals surface area contributed by atoms with Crippen LogP contribution >= 0.6 is 0 Å². The fraction of sp³-hybridized carbons (Fsp3) is 0.310. The molecule has 0 radical (unpaired) electrons. The maximum atomic E-state index is 4.57. The molecule has 0 spiro atoms. The lowest BCUT2D eigenvalue weighted by Gasteiger charge is -2.14. The third-order valence-electron chi connectivity index (χ3n) is 5.08. The molecule has 0 unspecified atom stereocenters. The Balaban J connectivity index is 0.000000894. The Morgan fingerprint density at radius 2 is 1.71 bits per heavy atom. The van der Waals surface area contributed by atoms with Crippen molar-refractivity contribution in [1.82, 2.24) is 15.0 Å². The third kappa shape index (κ3) is 7.03. The van der Waals surface area contributed by atoms with Gasteiger partial charge in [-0.15, -0.1) is 0 Å². The smallest absolute Gasteiger partial charge is 0.132 e. The van der Waals surface area contributed by atoms with Crippen molar-refractivity contribution in [1.29, 1.82) is 0 Å². The van der Waals surface area contributed by atoms with Crippen molar-refractivity contribution in [2.75, 3.05) is 12.4 Å². The fourth-order valence-electron chi connectivity index (χ4n) is 3.64. The van der Waals surface area contributed by atoms with Crippen LogP contribution in [0.5, 0.6) is 0 Å². The lowest BCUT2D eigenvalue weighted by molar-refractivity contribution is 1.10. The Morgan fingerprint density at radius 1 is 1.00 bits per heavy atom. The molecular formula is C29H41N5. The standard InChI is InChI=1S/C24H24N4.2C2H6.CH5N/c1-5-20-15(2)7-6-8-21(20)17(4)27-24-13-23-19(14-26-24)12-22(28-23)18-9-10-25-16(3)11-18;3*1-2/h6-14,28H,4-5H2,1-3H3,(H,26,27);2*1-2H3;2H2,1H3. The van der Waals surface area contributed by atoms with Gasteiger partial charge in [0.2, 0.25) is 0 Å². The molecular weight excluding hydrogens is 418 g/mol. The first-order valence-corrected chi connectivity index (χ1v) is 12.1. The quantitative estimate of drug-likeness (QED) is 0.288. The molecule has 0 saturated carbocycles. The molecule has 3 aromatic heterocycles. The number of nitrogens with two attached hydrogens (primary N) is 1. The van der Waals surface area contributed by atoms with Crippen LogP contribution in [0.3, 0.4) is 0 Å². The third-order valence-corrected chi connectivity index (χ3v) is 5.08. The van der Waals surface area contributed by atoms with Crippen LogP contribution in [0.1, 0.15) is 57.0 Å². The Bertz CT molecular complexity index is 1170. The van der Waals surface area contributed by atoms with Crippen LogP contribution in [-0.4, -0.2) is 22.0 Å². The first-order chi connectivity index (χ1) is 16.5. The van der Waals surface area contributed by atoms with Gasteiger partial charge in [0.05, 0.1) is 5.52 Å². The summed E-state index contributed by atoms with van der Waals surface area (Å²) in [6, 6.07) is 14.5. The number of pyridine rings is 2. The van der Waals surface area contributed by atoms with Crippen LogP contribution in [0.2, 0.25) is 0 Å². The lowest BCUT2D eigenvalue weighted by Crippen LogP contribution is -2.03. The number of benzene rings is 1. The van der Waals surface area contributed by atoms with E-state index >= 15 is 0 Å². The van der Waals surface area contributed by atoms with E-state index in [1.807, 2.05) is 59.1 Å². The fourth-order valence-corrected chi connectivity index (χ4v) is 3.64. The van der Waals surface area contributed by atoms with Crippen molar-refractivity contribution in [3.8, 4) is 11.3 Å². The van der Waals surface area contributed by atoms with Crippen molar-refractivity contribution >= 4 is 22.4 Å². The van der Waals surface area contributed by atoms with Gasteiger partial charge >= 0.3 is 0 Å². The highest BCUT2D eigenvalue weighted by atomic mass is 15.0. The average molecular weight is 460 g/mol. The molecule has 4 aromatic rings. The zero-order chi connectivity index (χ0) is 25.7. The minimum Gasteiger partial charge on any atom is -0.354 e. The molecule has 0 atom stereocenters. The highest BCUT2D eigenvalue weighted by molar-refractivity contribution is 5.88. The van der Waals surface area contributed by atoms with Gasteiger partial charge < -0.3 is 16.0 Å². The van der Waals surface area contributed by atoms with Crippen molar-refractivity contribution in [2.45, 2.75) is 54.9 Å². The number of aromatic amines is 1. The number of anilines is 1. The molecule has 3 heterocycles. The van der Waals surface area contributed by atoms with Gasteiger partial charge in [-0.1, -0.05) is 59.4 Å².